The van der Waals surface area contributed by atoms with Crippen LogP contribution in [0.15, 0.2) is 24.3 Å². The molecule has 1 aromatic heterocycles. The fourth-order valence-corrected chi connectivity index (χ4v) is 3.80. The van der Waals surface area contributed by atoms with Gasteiger partial charge in [0.05, 0.1) is 17.3 Å². The first-order chi connectivity index (χ1) is 9.63. The van der Waals surface area contributed by atoms with Crippen molar-refractivity contribution in [2.24, 2.45) is 0 Å². The Labute approximate surface area is 125 Å². The van der Waals surface area contributed by atoms with E-state index in [1.54, 1.807) is 11.3 Å². The van der Waals surface area contributed by atoms with Crippen LogP contribution in [0.1, 0.15) is 10.6 Å². The molecular formula is C14H13ClN2O2S. The van der Waals surface area contributed by atoms with Crippen LogP contribution in [-0.4, -0.2) is 34.0 Å². The Kier molecular flexibility index (Phi) is 3.74. The van der Waals surface area contributed by atoms with Gasteiger partial charge in [0.25, 0.3) is 0 Å². The van der Waals surface area contributed by atoms with E-state index in [-0.39, 0.29) is 6.54 Å². The predicted molar refractivity (Wildman–Crippen MR) is 79.2 cm³/mol. The molecule has 0 bridgehead atoms. The van der Waals surface area contributed by atoms with Crippen molar-refractivity contribution >= 4 is 28.9 Å². The zero-order valence-corrected chi connectivity index (χ0v) is 12.2. The van der Waals surface area contributed by atoms with Gasteiger partial charge in [0.1, 0.15) is 5.01 Å². The monoisotopic (exact) mass is 308 g/mol. The molecule has 2 aromatic rings. The van der Waals surface area contributed by atoms with Crippen molar-refractivity contribution in [1.29, 1.82) is 0 Å². The number of benzene rings is 1. The topological polar surface area (TPSA) is 53.4 Å². The second kappa shape index (κ2) is 5.52. The molecule has 4 nitrogen and oxygen atoms in total. The Bertz CT molecular complexity index is 656. The molecule has 0 radical (unpaired) electrons. The first kappa shape index (κ1) is 13.5. The Morgan fingerprint density at radius 1 is 1.45 bits per heavy atom. The van der Waals surface area contributed by atoms with Gasteiger partial charge in [-0.2, -0.15) is 0 Å². The molecule has 2 heterocycles. The summed E-state index contributed by atoms with van der Waals surface area (Å²) in [5, 5.41) is 10.5. The van der Waals surface area contributed by atoms with Gasteiger partial charge in [0.15, 0.2) is 0 Å². The first-order valence-corrected chi connectivity index (χ1v) is 7.50. The smallest absolute Gasteiger partial charge is 0.317 e. The van der Waals surface area contributed by atoms with E-state index in [4.69, 9.17) is 16.7 Å². The van der Waals surface area contributed by atoms with Crippen LogP contribution in [0.3, 0.4) is 0 Å². The summed E-state index contributed by atoms with van der Waals surface area (Å²) < 4.78 is 0. The molecule has 1 aliphatic heterocycles. The number of aromatic nitrogens is 1. The van der Waals surface area contributed by atoms with Gasteiger partial charge in [0, 0.05) is 30.0 Å². The number of carboxylic acids is 1. The lowest BCUT2D eigenvalue weighted by Gasteiger charge is -2.23. The maximum absolute atomic E-state index is 10.8. The van der Waals surface area contributed by atoms with Crippen molar-refractivity contribution in [3.8, 4) is 10.6 Å². The molecule has 0 amide bonds. The van der Waals surface area contributed by atoms with E-state index in [1.165, 1.54) is 0 Å². The molecule has 1 aliphatic rings. The number of carboxylic acid groups (broad SMARTS) is 1. The molecule has 20 heavy (non-hydrogen) atoms. The number of fused-ring (bicyclic) bond motifs is 1. The molecule has 0 atom stereocenters. The highest BCUT2D eigenvalue weighted by atomic mass is 35.5. The van der Waals surface area contributed by atoms with Crippen molar-refractivity contribution in [3.05, 3.63) is 39.9 Å². The number of rotatable bonds is 3. The van der Waals surface area contributed by atoms with E-state index in [1.807, 2.05) is 29.2 Å². The maximum atomic E-state index is 10.8. The van der Waals surface area contributed by atoms with Crippen molar-refractivity contribution < 1.29 is 9.90 Å². The van der Waals surface area contributed by atoms with E-state index >= 15 is 0 Å². The molecule has 0 saturated heterocycles. The number of hydrogen-bond acceptors (Lipinski definition) is 4. The molecule has 0 unspecified atom stereocenters. The minimum absolute atomic E-state index is 0.0821. The van der Waals surface area contributed by atoms with Crippen molar-refractivity contribution in [1.82, 2.24) is 9.88 Å². The van der Waals surface area contributed by atoms with Crippen LogP contribution in [0.4, 0.5) is 0 Å². The van der Waals surface area contributed by atoms with Gasteiger partial charge in [-0.05, 0) is 6.07 Å². The minimum atomic E-state index is -0.788. The lowest BCUT2D eigenvalue weighted by molar-refractivity contribution is -0.138. The summed E-state index contributed by atoms with van der Waals surface area (Å²) in [4.78, 5) is 18.5. The maximum Gasteiger partial charge on any atom is 0.317 e. The van der Waals surface area contributed by atoms with Crippen LogP contribution < -0.4 is 0 Å². The molecule has 0 spiro atoms. The van der Waals surface area contributed by atoms with E-state index in [2.05, 4.69) is 4.98 Å². The Hall–Kier alpha value is -1.43. The summed E-state index contributed by atoms with van der Waals surface area (Å²) in [5.41, 5.74) is 2.02. The number of carbonyl (C=O) groups is 1. The number of thiazole rings is 1. The quantitative estimate of drug-likeness (QED) is 0.947. The molecule has 1 aromatic carbocycles. The largest absolute Gasteiger partial charge is 0.480 e. The van der Waals surface area contributed by atoms with E-state index in [0.29, 0.717) is 11.6 Å². The number of halogens is 1. The van der Waals surface area contributed by atoms with Gasteiger partial charge >= 0.3 is 5.97 Å². The Morgan fingerprint density at radius 2 is 2.25 bits per heavy atom. The zero-order valence-electron chi connectivity index (χ0n) is 10.7. The molecule has 0 aliphatic carbocycles. The van der Waals surface area contributed by atoms with Crippen molar-refractivity contribution in [2.45, 2.75) is 13.0 Å². The molecule has 104 valence electrons. The summed E-state index contributed by atoms with van der Waals surface area (Å²) in [6.07, 6.45) is 0.795. The fraction of sp³-hybridized carbons (Fsp3) is 0.286. The zero-order chi connectivity index (χ0) is 14.1. The van der Waals surface area contributed by atoms with Crippen LogP contribution in [0.25, 0.3) is 10.6 Å². The third-order valence-electron chi connectivity index (χ3n) is 3.27. The van der Waals surface area contributed by atoms with Gasteiger partial charge in [-0.25, -0.2) is 4.98 Å². The van der Waals surface area contributed by atoms with Gasteiger partial charge in [-0.3, -0.25) is 9.69 Å². The van der Waals surface area contributed by atoms with Crippen molar-refractivity contribution in [3.63, 3.8) is 0 Å². The van der Waals surface area contributed by atoms with Crippen molar-refractivity contribution in [2.75, 3.05) is 13.1 Å². The van der Waals surface area contributed by atoms with E-state index in [0.717, 1.165) is 34.1 Å². The summed E-state index contributed by atoms with van der Waals surface area (Å²) in [7, 11) is 0. The summed E-state index contributed by atoms with van der Waals surface area (Å²) >= 11 is 7.80. The lowest BCUT2D eigenvalue weighted by atomic mass is 10.2. The second-order valence-corrected chi connectivity index (χ2v) is 6.21. The van der Waals surface area contributed by atoms with Crippen LogP contribution >= 0.6 is 22.9 Å². The first-order valence-electron chi connectivity index (χ1n) is 6.31. The van der Waals surface area contributed by atoms with Gasteiger partial charge < -0.3 is 5.11 Å². The number of aliphatic carboxylic acids is 1. The average Bonchev–Trinajstić information content (AvgIpc) is 2.81. The summed E-state index contributed by atoms with van der Waals surface area (Å²) in [6.45, 7) is 1.48. The van der Waals surface area contributed by atoms with Crippen LogP contribution in [0, 0.1) is 0 Å². The Balaban J connectivity index is 1.87. The second-order valence-electron chi connectivity index (χ2n) is 4.72. The number of hydrogen-bond donors (Lipinski definition) is 1. The minimum Gasteiger partial charge on any atom is -0.480 e. The highest BCUT2D eigenvalue weighted by molar-refractivity contribution is 7.15. The average molecular weight is 309 g/mol. The third kappa shape index (κ3) is 2.70. The van der Waals surface area contributed by atoms with Gasteiger partial charge in [-0.15, -0.1) is 11.3 Å². The molecule has 3 rings (SSSR count). The van der Waals surface area contributed by atoms with Crippen LogP contribution in [-0.2, 0) is 17.8 Å². The van der Waals surface area contributed by atoms with Gasteiger partial charge in [-0.1, -0.05) is 29.8 Å². The number of nitrogens with zero attached hydrogens (tertiary/aromatic N) is 2. The molecule has 1 N–H and O–H groups in total. The standard InChI is InChI=1S/C14H13ClN2O2S/c15-10-4-2-1-3-9(10)14-16-11-5-6-17(8-13(18)19)7-12(11)20-14/h1-4H,5-8H2,(H,18,19). The fourth-order valence-electron chi connectivity index (χ4n) is 2.32. The van der Waals surface area contributed by atoms with Gasteiger partial charge in [0.2, 0.25) is 0 Å². The van der Waals surface area contributed by atoms with E-state index in [9.17, 15) is 4.79 Å². The SMILES string of the molecule is O=C(O)CN1CCc2nc(-c3ccccc3Cl)sc2C1. The lowest BCUT2D eigenvalue weighted by Crippen LogP contribution is -2.34. The highest BCUT2D eigenvalue weighted by Gasteiger charge is 2.22. The molecule has 0 saturated carbocycles. The Morgan fingerprint density at radius 3 is 3.00 bits per heavy atom. The van der Waals surface area contributed by atoms with Crippen LogP contribution in [0.2, 0.25) is 5.02 Å². The summed E-state index contributed by atoms with van der Waals surface area (Å²) in [5.74, 6) is -0.788. The molecule has 0 fully saturated rings. The summed E-state index contributed by atoms with van der Waals surface area (Å²) in [6, 6.07) is 7.65. The van der Waals surface area contributed by atoms with E-state index < -0.39 is 5.97 Å². The highest BCUT2D eigenvalue weighted by Crippen LogP contribution is 2.34. The van der Waals surface area contributed by atoms with Crippen LogP contribution in [0.5, 0.6) is 0 Å². The predicted octanol–water partition coefficient (Wildman–Crippen LogP) is 2.91. The third-order valence-corrected chi connectivity index (χ3v) is 4.72. The molecular weight excluding hydrogens is 296 g/mol. The molecule has 6 heteroatoms. The normalized spacial score (nSPS) is 15.1.